The first kappa shape index (κ1) is 28.1. The lowest BCUT2D eigenvalue weighted by Crippen LogP contribution is -2.23. The number of Topliss-reactive ketones (excluding diaryl/α,β-unsaturated/α-hetero) is 2. The summed E-state index contributed by atoms with van der Waals surface area (Å²) in [4.78, 5) is 38.0. The number of hydrogen-bond donors (Lipinski definition) is 0. The van der Waals surface area contributed by atoms with E-state index in [1.165, 1.54) is 0 Å². The summed E-state index contributed by atoms with van der Waals surface area (Å²) in [5, 5.41) is 0.864. The van der Waals surface area contributed by atoms with Crippen LogP contribution in [0.3, 0.4) is 0 Å². The molecule has 2 aromatic carbocycles. The van der Waals surface area contributed by atoms with Gasteiger partial charge in [-0.2, -0.15) is 0 Å². The summed E-state index contributed by atoms with van der Waals surface area (Å²) in [5.41, 5.74) is 1.54. The van der Waals surface area contributed by atoms with Crippen molar-refractivity contribution in [2.75, 3.05) is 6.61 Å². The van der Waals surface area contributed by atoms with Crippen molar-refractivity contribution < 1.29 is 19.1 Å². The molecular weight excluding hydrogens is 471 g/mol. The predicted octanol–water partition coefficient (Wildman–Crippen LogP) is 7.42. The molecule has 0 N–H and O–H groups in total. The topological polar surface area (TPSA) is 60.4 Å². The number of halogens is 2. The third kappa shape index (κ3) is 7.16. The molecule has 4 nitrogen and oxygen atoms in total. The van der Waals surface area contributed by atoms with Crippen LogP contribution in [0.2, 0.25) is 10.0 Å². The average molecular weight is 505 g/mol. The average Bonchev–Trinajstić information content (AvgIpc) is 2.73. The quantitative estimate of drug-likeness (QED) is 0.277. The zero-order valence-electron chi connectivity index (χ0n) is 21.1. The molecule has 0 unspecified atom stereocenters. The van der Waals surface area contributed by atoms with Gasteiger partial charge in [0.25, 0.3) is 0 Å². The molecule has 2 rings (SSSR count). The van der Waals surface area contributed by atoms with Crippen LogP contribution in [0, 0.1) is 16.7 Å². The summed E-state index contributed by atoms with van der Waals surface area (Å²) in [6.45, 7) is 13.2. The number of ketones is 2. The summed E-state index contributed by atoms with van der Waals surface area (Å²) < 4.78 is 5.31. The minimum absolute atomic E-state index is 0.000400. The van der Waals surface area contributed by atoms with Crippen LogP contribution in [-0.4, -0.2) is 24.1 Å². The number of rotatable bonds is 8. The van der Waals surface area contributed by atoms with Crippen molar-refractivity contribution in [3.8, 4) is 0 Å². The Labute approximate surface area is 213 Å². The summed E-state index contributed by atoms with van der Waals surface area (Å²) in [6, 6.07) is 10.4. The number of esters is 1. The van der Waals surface area contributed by atoms with Gasteiger partial charge in [0.1, 0.15) is 0 Å². The highest BCUT2D eigenvalue weighted by molar-refractivity contribution is 6.32. The van der Waals surface area contributed by atoms with Crippen LogP contribution in [0.4, 0.5) is 0 Å². The van der Waals surface area contributed by atoms with E-state index in [-0.39, 0.29) is 24.1 Å². The normalized spacial score (nSPS) is 12.1. The first-order chi connectivity index (χ1) is 15.6. The summed E-state index contributed by atoms with van der Waals surface area (Å²) >= 11 is 13.0. The van der Waals surface area contributed by atoms with Crippen molar-refractivity contribution in [3.05, 3.63) is 68.7 Å². The number of carbonyl (C=O) groups excluding carboxylic acids is 3. The standard InChI is InChI=1S/C28H34Cl2O4/c1-8-34-26(33)21(13-17-9-11-19(15-22(17)29)24(31)27(2,3)4)14-18-10-12-20(16-23(18)30)25(32)28(5,6)7/h9-12,15-16,21H,8,13-14H2,1-7H3. The maximum absolute atomic E-state index is 12.8. The van der Waals surface area contributed by atoms with Gasteiger partial charge in [0, 0.05) is 32.0 Å². The van der Waals surface area contributed by atoms with Crippen LogP contribution in [0.15, 0.2) is 36.4 Å². The van der Waals surface area contributed by atoms with E-state index in [0.29, 0.717) is 34.0 Å². The van der Waals surface area contributed by atoms with Gasteiger partial charge < -0.3 is 4.74 Å². The Balaban J connectivity index is 2.32. The smallest absolute Gasteiger partial charge is 0.309 e. The Morgan fingerprint density at radius 3 is 1.44 bits per heavy atom. The molecule has 184 valence electrons. The Morgan fingerprint density at radius 2 is 1.15 bits per heavy atom. The number of hydrogen-bond acceptors (Lipinski definition) is 4. The van der Waals surface area contributed by atoms with Crippen molar-refractivity contribution in [2.24, 2.45) is 16.7 Å². The highest BCUT2D eigenvalue weighted by atomic mass is 35.5. The van der Waals surface area contributed by atoms with Crippen molar-refractivity contribution in [1.82, 2.24) is 0 Å². The van der Waals surface area contributed by atoms with E-state index < -0.39 is 16.7 Å². The zero-order valence-corrected chi connectivity index (χ0v) is 22.6. The van der Waals surface area contributed by atoms with Gasteiger partial charge in [-0.15, -0.1) is 0 Å². The lowest BCUT2D eigenvalue weighted by Gasteiger charge is -2.20. The monoisotopic (exact) mass is 504 g/mol. The minimum atomic E-state index is -0.525. The number of carbonyl (C=O) groups is 3. The van der Waals surface area contributed by atoms with Gasteiger partial charge in [-0.25, -0.2) is 0 Å². The fourth-order valence-corrected chi connectivity index (χ4v) is 4.12. The molecule has 0 aliphatic carbocycles. The largest absolute Gasteiger partial charge is 0.466 e. The van der Waals surface area contributed by atoms with E-state index in [2.05, 4.69) is 0 Å². The minimum Gasteiger partial charge on any atom is -0.466 e. The van der Waals surface area contributed by atoms with E-state index in [1.807, 2.05) is 41.5 Å². The number of ether oxygens (including phenoxy) is 1. The van der Waals surface area contributed by atoms with Gasteiger partial charge in [-0.1, -0.05) is 89.0 Å². The summed E-state index contributed by atoms with van der Waals surface area (Å²) in [5.74, 6) is -0.873. The van der Waals surface area contributed by atoms with E-state index in [1.54, 1.807) is 43.3 Å². The molecule has 0 heterocycles. The van der Waals surface area contributed by atoms with Crippen LogP contribution in [-0.2, 0) is 22.4 Å². The van der Waals surface area contributed by atoms with E-state index in [4.69, 9.17) is 27.9 Å². The van der Waals surface area contributed by atoms with Gasteiger partial charge >= 0.3 is 5.97 Å². The molecule has 6 heteroatoms. The molecule has 2 aromatic rings. The summed E-state index contributed by atoms with van der Waals surface area (Å²) in [6.07, 6.45) is 0.668. The molecule has 0 fully saturated rings. The van der Waals surface area contributed by atoms with Crippen LogP contribution in [0.5, 0.6) is 0 Å². The fraction of sp³-hybridized carbons (Fsp3) is 0.464. The van der Waals surface area contributed by atoms with E-state index in [9.17, 15) is 14.4 Å². The molecule has 0 aromatic heterocycles. The fourth-order valence-electron chi connectivity index (χ4n) is 3.60. The van der Waals surface area contributed by atoms with E-state index in [0.717, 1.165) is 11.1 Å². The molecule has 0 spiro atoms. The molecule has 0 radical (unpaired) electrons. The van der Waals surface area contributed by atoms with Gasteiger partial charge in [-0.3, -0.25) is 14.4 Å². The molecule has 0 aliphatic heterocycles. The zero-order chi connectivity index (χ0) is 25.8. The Hall–Kier alpha value is -2.17. The third-order valence-electron chi connectivity index (χ3n) is 5.55. The first-order valence-corrected chi connectivity index (χ1v) is 12.2. The molecular formula is C28H34Cl2O4. The molecule has 0 amide bonds. The SMILES string of the molecule is CCOC(=O)C(Cc1ccc(C(=O)C(C)(C)C)cc1Cl)Cc1ccc(C(=O)C(C)(C)C)cc1Cl. The Kier molecular flexibility index (Phi) is 9.12. The van der Waals surface area contributed by atoms with Crippen LogP contribution < -0.4 is 0 Å². The number of benzene rings is 2. The van der Waals surface area contributed by atoms with Crippen LogP contribution in [0.25, 0.3) is 0 Å². The Bertz CT molecular complexity index is 997. The molecule has 0 saturated heterocycles. The van der Waals surface area contributed by atoms with Gasteiger partial charge in [0.15, 0.2) is 11.6 Å². The third-order valence-corrected chi connectivity index (χ3v) is 6.25. The maximum atomic E-state index is 12.8. The van der Waals surface area contributed by atoms with Crippen molar-refractivity contribution in [1.29, 1.82) is 0 Å². The second-order valence-corrected chi connectivity index (χ2v) is 11.4. The molecule has 0 bridgehead atoms. The summed E-state index contributed by atoms with van der Waals surface area (Å²) in [7, 11) is 0. The van der Waals surface area contributed by atoms with Gasteiger partial charge in [0.05, 0.1) is 12.5 Å². The second-order valence-electron chi connectivity index (χ2n) is 10.6. The van der Waals surface area contributed by atoms with Crippen molar-refractivity contribution >= 4 is 40.7 Å². The maximum Gasteiger partial charge on any atom is 0.309 e. The molecule has 0 aliphatic rings. The lowest BCUT2D eigenvalue weighted by molar-refractivity contribution is -0.147. The first-order valence-electron chi connectivity index (χ1n) is 11.5. The highest BCUT2D eigenvalue weighted by Crippen LogP contribution is 2.30. The van der Waals surface area contributed by atoms with Gasteiger partial charge in [0.2, 0.25) is 0 Å². The predicted molar refractivity (Wildman–Crippen MR) is 138 cm³/mol. The second kappa shape index (κ2) is 11.0. The van der Waals surface area contributed by atoms with Crippen LogP contribution >= 0.6 is 23.2 Å². The van der Waals surface area contributed by atoms with E-state index >= 15 is 0 Å². The Morgan fingerprint density at radius 1 is 0.765 bits per heavy atom. The van der Waals surface area contributed by atoms with Crippen molar-refractivity contribution in [2.45, 2.75) is 61.3 Å². The molecule has 0 saturated carbocycles. The lowest BCUT2D eigenvalue weighted by atomic mass is 9.85. The van der Waals surface area contributed by atoms with Crippen LogP contribution in [0.1, 0.15) is 80.3 Å². The van der Waals surface area contributed by atoms with Crippen molar-refractivity contribution in [3.63, 3.8) is 0 Å². The van der Waals surface area contributed by atoms with Gasteiger partial charge in [-0.05, 0) is 43.0 Å². The molecule has 34 heavy (non-hydrogen) atoms. The highest BCUT2D eigenvalue weighted by Gasteiger charge is 2.27. The molecule has 0 atom stereocenters.